The van der Waals surface area contributed by atoms with E-state index < -0.39 is 0 Å². The molecule has 0 aromatic carbocycles. The lowest BCUT2D eigenvalue weighted by Crippen LogP contribution is -2.41. The molecule has 0 aromatic rings. The lowest BCUT2D eigenvalue weighted by molar-refractivity contribution is -0.233. The number of hydrogen-bond donors (Lipinski definition) is 0. The fraction of sp³-hybridized carbons (Fsp3) is 1.00. The van der Waals surface area contributed by atoms with Crippen LogP contribution in [0.1, 0.15) is 78.6 Å². The summed E-state index contributed by atoms with van der Waals surface area (Å²) in [6, 6.07) is 0. The second-order valence-corrected chi connectivity index (χ2v) is 5.82. The van der Waals surface area contributed by atoms with Crippen molar-refractivity contribution < 1.29 is 9.47 Å². The minimum absolute atomic E-state index is 0.0717. The largest absolute Gasteiger partial charge is 0.352 e. The van der Waals surface area contributed by atoms with Crippen molar-refractivity contribution in [1.82, 2.24) is 0 Å². The molecule has 1 fully saturated rings. The minimum atomic E-state index is 0.0717. The van der Waals surface area contributed by atoms with Crippen molar-refractivity contribution in [1.29, 1.82) is 0 Å². The molecule has 1 aliphatic rings. The molecule has 0 saturated carbocycles. The quantitative estimate of drug-likeness (QED) is 0.545. The summed E-state index contributed by atoms with van der Waals surface area (Å²) in [5.74, 6) is 0. The average molecular weight is 256 g/mol. The first-order chi connectivity index (χ1) is 8.76. The van der Waals surface area contributed by atoms with E-state index in [-0.39, 0.29) is 11.7 Å². The van der Waals surface area contributed by atoms with Gasteiger partial charge in [0, 0.05) is 5.41 Å². The van der Waals surface area contributed by atoms with Crippen LogP contribution in [-0.2, 0) is 9.47 Å². The first kappa shape index (κ1) is 16.0. The number of ether oxygens (including phenoxy) is 2. The Morgan fingerprint density at radius 3 is 1.94 bits per heavy atom. The Hall–Kier alpha value is -0.0800. The maximum Gasteiger partial charge on any atom is 0.157 e. The van der Waals surface area contributed by atoms with Crippen molar-refractivity contribution >= 4 is 0 Å². The molecule has 18 heavy (non-hydrogen) atoms. The molecule has 1 saturated heterocycles. The maximum absolute atomic E-state index is 5.88. The van der Waals surface area contributed by atoms with Gasteiger partial charge < -0.3 is 9.47 Å². The van der Waals surface area contributed by atoms with Crippen molar-refractivity contribution in [2.75, 3.05) is 13.2 Å². The van der Waals surface area contributed by atoms with E-state index in [0.29, 0.717) is 0 Å². The van der Waals surface area contributed by atoms with Crippen LogP contribution in [0.4, 0.5) is 0 Å². The van der Waals surface area contributed by atoms with E-state index in [1.807, 2.05) is 0 Å². The van der Waals surface area contributed by atoms with Gasteiger partial charge in [-0.2, -0.15) is 0 Å². The summed E-state index contributed by atoms with van der Waals surface area (Å²) in [6.07, 6.45) is 11.5. The second kappa shape index (κ2) is 8.92. The molecule has 1 aliphatic heterocycles. The molecule has 0 amide bonds. The number of unbranched alkanes of at least 4 members (excludes halogenated alkanes) is 5. The Morgan fingerprint density at radius 2 is 1.39 bits per heavy atom. The molecule has 0 N–H and O–H groups in total. The molecule has 0 atom stereocenters. The molecule has 0 unspecified atom stereocenters. The Balaban J connectivity index is 2.05. The van der Waals surface area contributed by atoms with Crippen LogP contribution in [0.2, 0.25) is 0 Å². The van der Waals surface area contributed by atoms with E-state index in [0.717, 1.165) is 32.5 Å². The van der Waals surface area contributed by atoms with E-state index in [1.54, 1.807) is 0 Å². The summed E-state index contributed by atoms with van der Waals surface area (Å²) >= 11 is 0. The van der Waals surface area contributed by atoms with Crippen LogP contribution < -0.4 is 0 Å². The van der Waals surface area contributed by atoms with Gasteiger partial charge >= 0.3 is 0 Å². The Morgan fingerprint density at radius 1 is 0.833 bits per heavy atom. The summed E-state index contributed by atoms with van der Waals surface area (Å²) in [4.78, 5) is 0. The molecule has 2 heteroatoms. The Labute approximate surface area is 113 Å². The van der Waals surface area contributed by atoms with Crippen LogP contribution in [0.3, 0.4) is 0 Å². The third kappa shape index (κ3) is 5.27. The predicted molar refractivity (Wildman–Crippen MR) is 76.7 cm³/mol. The predicted octanol–water partition coefficient (Wildman–Crippen LogP) is 4.92. The number of rotatable bonds is 9. The van der Waals surface area contributed by atoms with Crippen molar-refractivity contribution in [3.8, 4) is 0 Å². The van der Waals surface area contributed by atoms with Gasteiger partial charge in [-0.1, -0.05) is 52.9 Å². The lowest BCUT2D eigenvalue weighted by atomic mass is 9.83. The molecule has 0 aromatic heterocycles. The fourth-order valence-electron chi connectivity index (χ4n) is 2.55. The fourth-order valence-corrected chi connectivity index (χ4v) is 2.55. The van der Waals surface area contributed by atoms with Crippen molar-refractivity contribution in [2.24, 2.45) is 5.41 Å². The maximum atomic E-state index is 5.88. The highest BCUT2D eigenvalue weighted by Gasteiger charge is 2.33. The first-order valence-corrected chi connectivity index (χ1v) is 7.99. The lowest BCUT2D eigenvalue weighted by Gasteiger charge is -2.39. The van der Waals surface area contributed by atoms with Gasteiger partial charge in [0.2, 0.25) is 0 Å². The van der Waals surface area contributed by atoms with Gasteiger partial charge in [0.1, 0.15) is 0 Å². The second-order valence-electron chi connectivity index (χ2n) is 5.82. The smallest absolute Gasteiger partial charge is 0.157 e. The van der Waals surface area contributed by atoms with Gasteiger partial charge in [0.25, 0.3) is 0 Å². The van der Waals surface area contributed by atoms with Crippen LogP contribution in [0.25, 0.3) is 0 Å². The van der Waals surface area contributed by atoms with Crippen molar-refractivity contribution in [2.45, 2.75) is 84.8 Å². The topological polar surface area (TPSA) is 18.5 Å². The molecule has 1 rings (SSSR count). The normalized spacial score (nSPS) is 20.2. The molecule has 0 spiro atoms. The summed E-state index contributed by atoms with van der Waals surface area (Å²) in [7, 11) is 0. The zero-order chi connectivity index (χ0) is 13.3. The molecule has 0 bridgehead atoms. The molecule has 108 valence electrons. The van der Waals surface area contributed by atoms with Gasteiger partial charge in [-0.25, -0.2) is 0 Å². The average Bonchev–Trinajstić information content (AvgIpc) is 2.43. The van der Waals surface area contributed by atoms with Gasteiger partial charge in [0.15, 0.2) is 6.29 Å². The van der Waals surface area contributed by atoms with Gasteiger partial charge in [-0.15, -0.1) is 0 Å². The SMILES string of the molecule is CCCCCCCCC1OCC(CC)(CC)CO1. The highest BCUT2D eigenvalue weighted by Crippen LogP contribution is 2.32. The number of hydrogen-bond acceptors (Lipinski definition) is 2. The van der Waals surface area contributed by atoms with Crippen LogP contribution in [0.15, 0.2) is 0 Å². The molecule has 2 nitrogen and oxygen atoms in total. The van der Waals surface area contributed by atoms with Crippen LogP contribution in [0, 0.1) is 5.41 Å². The third-order valence-corrected chi connectivity index (χ3v) is 4.44. The van der Waals surface area contributed by atoms with E-state index in [2.05, 4.69) is 20.8 Å². The molecule has 0 radical (unpaired) electrons. The zero-order valence-electron chi connectivity index (χ0n) is 12.7. The monoisotopic (exact) mass is 256 g/mol. The third-order valence-electron chi connectivity index (χ3n) is 4.44. The van der Waals surface area contributed by atoms with Crippen LogP contribution in [-0.4, -0.2) is 19.5 Å². The van der Waals surface area contributed by atoms with E-state index in [9.17, 15) is 0 Å². The van der Waals surface area contributed by atoms with Crippen molar-refractivity contribution in [3.63, 3.8) is 0 Å². The van der Waals surface area contributed by atoms with E-state index >= 15 is 0 Å². The highest BCUT2D eigenvalue weighted by atomic mass is 16.7. The summed E-state index contributed by atoms with van der Waals surface area (Å²) in [6.45, 7) is 8.52. The van der Waals surface area contributed by atoms with Crippen LogP contribution in [0.5, 0.6) is 0 Å². The summed E-state index contributed by atoms with van der Waals surface area (Å²) in [5.41, 5.74) is 0.289. The van der Waals surface area contributed by atoms with Crippen molar-refractivity contribution in [3.05, 3.63) is 0 Å². The molecular formula is C16H32O2. The first-order valence-electron chi connectivity index (χ1n) is 7.99. The Bertz CT molecular complexity index is 189. The standard InChI is InChI=1S/C16H32O2/c1-4-7-8-9-10-11-12-15-17-13-16(5-2,6-3)14-18-15/h15H,4-14H2,1-3H3. The van der Waals surface area contributed by atoms with Gasteiger partial charge in [0.05, 0.1) is 13.2 Å². The van der Waals surface area contributed by atoms with Gasteiger partial charge in [-0.05, 0) is 25.7 Å². The summed E-state index contributed by atoms with van der Waals surface area (Å²) < 4.78 is 11.8. The molecule has 1 heterocycles. The highest BCUT2D eigenvalue weighted by molar-refractivity contribution is 4.78. The molecular weight excluding hydrogens is 224 g/mol. The van der Waals surface area contributed by atoms with E-state index in [4.69, 9.17) is 9.47 Å². The van der Waals surface area contributed by atoms with Crippen LogP contribution >= 0.6 is 0 Å². The molecule has 0 aliphatic carbocycles. The minimum Gasteiger partial charge on any atom is -0.352 e. The summed E-state index contributed by atoms with van der Waals surface area (Å²) in [5, 5.41) is 0. The van der Waals surface area contributed by atoms with E-state index in [1.165, 1.54) is 38.5 Å². The van der Waals surface area contributed by atoms with Gasteiger partial charge in [-0.3, -0.25) is 0 Å². The Kier molecular flexibility index (Phi) is 7.92. The zero-order valence-corrected chi connectivity index (χ0v) is 12.7.